The summed E-state index contributed by atoms with van der Waals surface area (Å²) in [4.78, 5) is 25.9. The van der Waals surface area contributed by atoms with Crippen molar-refractivity contribution in [2.75, 3.05) is 11.9 Å². The highest BCUT2D eigenvalue weighted by atomic mass is 16.5. The minimum absolute atomic E-state index is 0.144. The molecule has 6 heteroatoms. The average Bonchev–Trinajstić information content (AvgIpc) is 3.37. The molecule has 0 bridgehead atoms. The second-order valence-corrected chi connectivity index (χ2v) is 7.45. The van der Waals surface area contributed by atoms with Crippen LogP contribution in [0.4, 0.5) is 5.69 Å². The molecule has 1 saturated heterocycles. The van der Waals surface area contributed by atoms with E-state index in [2.05, 4.69) is 11.4 Å². The molecule has 3 heterocycles. The van der Waals surface area contributed by atoms with Gasteiger partial charge in [-0.05, 0) is 31.0 Å². The van der Waals surface area contributed by atoms with Crippen LogP contribution in [0.1, 0.15) is 35.1 Å². The largest absolute Gasteiger partial charge is 0.487 e. The van der Waals surface area contributed by atoms with Crippen LogP contribution in [0.3, 0.4) is 0 Å². The van der Waals surface area contributed by atoms with Gasteiger partial charge < -0.3 is 15.2 Å². The number of likely N-dealkylation sites (tertiary alicyclic amines) is 1. The van der Waals surface area contributed by atoms with Gasteiger partial charge in [-0.2, -0.15) is 0 Å². The zero-order valence-electron chi connectivity index (χ0n) is 15.3. The smallest absolute Gasteiger partial charge is 0.320 e. The number of hydrogen-bond donors (Lipinski definition) is 2. The molecule has 2 aromatic rings. The molecule has 1 fully saturated rings. The Morgan fingerprint density at radius 3 is 2.93 bits per heavy atom. The zero-order chi connectivity index (χ0) is 19.3. The third kappa shape index (κ3) is 2.68. The van der Waals surface area contributed by atoms with Crippen molar-refractivity contribution in [2.45, 2.75) is 32.0 Å². The van der Waals surface area contributed by atoms with Crippen LogP contribution < -0.4 is 5.32 Å². The molecular formula is C22H20N2O4. The Bertz CT molecular complexity index is 1030. The molecule has 1 amide bonds. The molecule has 0 aromatic heterocycles. The van der Waals surface area contributed by atoms with Crippen molar-refractivity contribution >= 4 is 28.9 Å². The molecule has 3 aliphatic rings. The van der Waals surface area contributed by atoms with Crippen LogP contribution in [0.5, 0.6) is 0 Å². The van der Waals surface area contributed by atoms with Gasteiger partial charge in [0.2, 0.25) is 0 Å². The Balaban J connectivity index is 1.47. The average molecular weight is 376 g/mol. The lowest BCUT2D eigenvalue weighted by Crippen LogP contribution is -2.35. The van der Waals surface area contributed by atoms with Gasteiger partial charge in [-0.25, -0.2) is 0 Å². The molecule has 2 aromatic carbocycles. The van der Waals surface area contributed by atoms with E-state index in [4.69, 9.17) is 4.74 Å². The maximum atomic E-state index is 12.5. The Morgan fingerprint density at radius 1 is 1.21 bits per heavy atom. The molecule has 142 valence electrons. The number of carbonyl (C=O) groups excluding carboxylic acids is 1. The SMILES string of the molecule is O=C1Nc2ccccc2/C1=C1\OCc2cc(CN3CCC[C@H]3C(=O)O)ccc21. The Morgan fingerprint density at radius 2 is 2.07 bits per heavy atom. The van der Waals surface area contributed by atoms with Gasteiger partial charge in [-0.1, -0.05) is 36.4 Å². The van der Waals surface area contributed by atoms with Gasteiger partial charge in [0.1, 0.15) is 18.4 Å². The van der Waals surface area contributed by atoms with Gasteiger partial charge in [0.15, 0.2) is 0 Å². The van der Waals surface area contributed by atoms with Crippen molar-refractivity contribution in [3.8, 4) is 0 Å². The minimum atomic E-state index is -0.750. The number of rotatable bonds is 3. The van der Waals surface area contributed by atoms with E-state index in [9.17, 15) is 14.7 Å². The van der Waals surface area contributed by atoms with Gasteiger partial charge in [-0.3, -0.25) is 14.5 Å². The fraction of sp³-hybridized carbons (Fsp3) is 0.273. The first-order chi connectivity index (χ1) is 13.6. The molecular weight excluding hydrogens is 356 g/mol. The first-order valence-corrected chi connectivity index (χ1v) is 9.48. The summed E-state index contributed by atoms with van der Waals surface area (Å²) >= 11 is 0. The molecule has 3 aliphatic heterocycles. The first kappa shape index (κ1) is 17.0. The van der Waals surface area contributed by atoms with Crippen molar-refractivity contribution in [3.63, 3.8) is 0 Å². The van der Waals surface area contributed by atoms with E-state index >= 15 is 0 Å². The van der Waals surface area contributed by atoms with E-state index in [1.807, 2.05) is 41.3 Å². The van der Waals surface area contributed by atoms with Crippen LogP contribution in [0.25, 0.3) is 11.3 Å². The van der Waals surface area contributed by atoms with Crippen molar-refractivity contribution in [1.29, 1.82) is 0 Å². The normalized spacial score (nSPS) is 23.3. The van der Waals surface area contributed by atoms with Crippen LogP contribution >= 0.6 is 0 Å². The van der Waals surface area contributed by atoms with E-state index in [-0.39, 0.29) is 5.91 Å². The fourth-order valence-electron chi connectivity index (χ4n) is 4.39. The maximum absolute atomic E-state index is 12.5. The van der Waals surface area contributed by atoms with Crippen molar-refractivity contribution in [2.24, 2.45) is 0 Å². The van der Waals surface area contributed by atoms with E-state index in [1.165, 1.54) is 0 Å². The lowest BCUT2D eigenvalue weighted by Gasteiger charge is -2.21. The number of ether oxygens (including phenoxy) is 1. The van der Waals surface area contributed by atoms with Crippen LogP contribution in [-0.2, 0) is 27.5 Å². The third-order valence-electron chi connectivity index (χ3n) is 5.72. The lowest BCUT2D eigenvalue weighted by molar-refractivity contribution is -0.142. The molecule has 5 rings (SSSR count). The molecule has 0 aliphatic carbocycles. The Hall–Kier alpha value is -3.12. The molecule has 0 saturated carbocycles. The van der Waals surface area contributed by atoms with E-state index < -0.39 is 12.0 Å². The summed E-state index contributed by atoms with van der Waals surface area (Å²) in [5.74, 6) is -0.275. The lowest BCUT2D eigenvalue weighted by atomic mass is 9.99. The number of carboxylic acid groups (broad SMARTS) is 1. The van der Waals surface area contributed by atoms with E-state index in [0.29, 0.717) is 30.9 Å². The number of aliphatic carboxylic acids is 1. The number of carboxylic acids is 1. The topological polar surface area (TPSA) is 78.9 Å². The number of nitrogens with zero attached hydrogens (tertiary/aromatic N) is 1. The summed E-state index contributed by atoms with van der Waals surface area (Å²) in [6.45, 7) is 1.83. The van der Waals surface area contributed by atoms with E-state index in [1.54, 1.807) is 0 Å². The molecule has 0 spiro atoms. The standard InChI is InChI=1S/C22H20N2O4/c25-21-19(16-4-1-2-5-17(16)23-21)20-15-8-7-13(10-14(15)12-28-20)11-24-9-3-6-18(24)22(26)27/h1-2,4-5,7-8,10,18H,3,6,9,11-12H2,(H,23,25)(H,26,27)/b20-19+/t18-/m0/s1. The number of benzene rings is 2. The molecule has 28 heavy (non-hydrogen) atoms. The monoisotopic (exact) mass is 376 g/mol. The van der Waals surface area contributed by atoms with Crippen molar-refractivity contribution < 1.29 is 19.4 Å². The number of amides is 1. The summed E-state index contributed by atoms with van der Waals surface area (Å²) in [5.41, 5.74) is 5.27. The second kappa shape index (κ2) is 6.49. The molecule has 1 atom stereocenters. The predicted molar refractivity (Wildman–Crippen MR) is 104 cm³/mol. The third-order valence-corrected chi connectivity index (χ3v) is 5.72. The van der Waals surface area contributed by atoms with Gasteiger partial charge in [-0.15, -0.1) is 0 Å². The van der Waals surface area contributed by atoms with E-state index in [0.717, 1.165) is 40.9 Å². The quantitative estimate of drug-likeness (QED) is 0.805. The number of hydrogen-bond acceptors (Lipinski definition) is 4. The highest BCUT2D eigenvalue weighted by Gasteiger charge is 2.33. The Labute approximate surface area is 162 Å². The summed E-state index contributed by atoms with van der Waals surface area (Å²) < 4.78 is 5.93. The van der Waals surface area contributed by atoms with Crippen LogP contribution in [0.2, 0.25) is 0 Å². The maximum Gasteiger partial charge on any atom is 0.320 e. The number of para-hydroxylation sites is 1. The van der Waals surface area contributed by atoms with Crippen LogP contribution in [0, 0.1) is 0 Å². The highest BCUT2D eigenvalue weighted by molar-refractivity contribution is 6.36. The second-order valence-electron chi connectivity index (χ2n) is 7.45. The molecule has 6 nitrogen and oxygen atoms in total. The van der Waals surface area contributed by atoms with Gasteiger partial charge >= 0.3 is 5.97 Å². The number of carbonyl (C=O) groups is 2. The highest BCUT2D eigenvalue weighted by Crippen LogP contribution is 2.41. The first-order valence-electron chi connectivity index (χ1n) is 9.48. The summed E-state index contributed by atoms with van der Waals surface area (Å²) in [6.07, 6.45) is 1.62. The van der Waals surface area contributed by atoms with Crippen molar-refractivity contribution in [3.05, 3.63) is 64.7 Å². The number of anilines is 1. The van der Waals surface area contributed by atoms with Crippen molar-refractivity contribution in [1.82, 2.24) is 4.90 Å². The molecule has 0 radical (unpaired) electrons. The summed E-state index contributed by atoms with van der Waals surface area (Å²) in [7, 11) is 0. The Kier molecular flexibility index (Phi) is 3.94. The fourth-order valence-corrected chi connectivity index (χ4v) is 4.39. The molecule has 0 unspecified atom stereocenters. The number of fused-ring (bicyclic) bond motifs is 2. The summed E-state index contributed by atoms with van der Waals surface area (Å²) in [5, 5.41) is 12.3. The van der Waals surface area contributed by atoms with Gasteiger partial charge in [0, 0.05) is 28.9 Å². The van der Waals surface area contributed by atoms with Gasteiger partial charge in [0.05, 0.1) is 5.57 Å². The van der Waals surface area contributed by atoms with Gasteiger partial charge in [0.25, 0.3) is 5.91 Å². The zero-order valence-corrected chi connectivity index (χ0v) is 15.3. The van der Waals surface area contributed by atoms with Crippen LogP contribution in [0.15, 0.2) is 42.5 Å². The predicted octanol–water partition coefficient (Wildman–Crippen LogP) is 3.09. The molecule has 2 N–H and O–H groups in total. The summed E-state index contributed by atoms with van der Waals surface area (Å²) in [6, 6.07) is 13.3. The number of nitrogens with one attached hydrogen (secondary N) is 1. The van der Waals surface area contributed by atoms with Crippen LogP contribution in [-0.4, -0.2) is 34.5 Å². The minimum Gasteiger partial charge on any atom is -0.487 e.